The average Bonchev–Trinajstić information content (AvgIpc) is 3.53. The van der Waals surface area contributed by atoms with Gasteiger partial charge in [0.25, 0.3) is 5.91 Å². The van der Waals surface area contributed by atoms with Crippen molar-refractivity contribution in [3.05, 3.63) is 95.2 Å². The second kappa shape index (κ2) is 9.16. The summed E-state index contributed by atoms with van der Waals surface area (Å²) in [5.74, 6) is 0.691. The fourth-order valence-electron chi connectivity index (χ4n) is 3.55. The molecule has 160 valence electrons. The zero-order chi connectivity index (χ0) is 21.8. The first-order valence-electron chi connectivity index (χ1n) is 10.4. The van der Waals surface area contributed by atoms with Crippen LogP contribution in [-0.4, -0.2) is 34.2 Å². The van der Waals surface area contributed by atoms with Gasteiger partial charge in [0.15, 0.2) is 0 Å². The number of furan rings is 1. The first kappa shape index (κ1) is 20.8. The van der Waals surface area contributed by atoms with Crippen molar-refractivity contribution in [2.24, 2.45) is 0 Å². The minimum Gasteiger partial charge on any atom is -0.464 e. The molecule has 1 aliphatic rings. The molecule has 2 amide bonds. The number of halogens is 1. The number of amides is 2. The van der Waals surface area contributed by atoms with Crippen molar-refractivity contribution >= 4 is 11.8 Å². The van der Waals surface area contributed by atoms with Crippen molar-refractivity contribution in [1.82, 2.24) is 9.80 Å². The molecule has 1 saturated carbocycles. The highest BCUT2D eigenvalue weighted by Gasteiger charge is 2.35. The highest BCUT2D eigenvalue weighted by atomic mass is 19.1. The number of rotatable bonds is 8. The standard InChI is InChI=1S/C25H25FN2O3/c1-18-7-14-23(31-18)16-27(15-19-5-3-2-4-6-19)24(29)17-28(22-12-13-22)25(30)20-8-10-21(26)11-9-20/h2-11,14,22H,12-13,15-17H2,1H3. The summed E-state index contributed by atoms with van der Waals surface area (Å²) >= 11 is 0. The van der Waals surface area contributed by atoms with Gasteiger partial charge in [-0.25, -0.2) is 4.39 Å². The maximum Gasteiger partial charge on any atom is 0.254 e. The van der Waals surface area contributed by atoms with Crippen LogP contribution in [0.4, 0.5) is 4.39 Å². The Hall–Kier alpha value is -3.41. The molecular formula is C25H25FN2O3. The normalized spacial score (nSPS) is 13.1. The Morgan fingerprint density at radius 1 is 0.968 bits per heavy atom. The SMILES string of the molecule is Cc1ccc(CN(Cc2ccccc2)C(=O)CN(C(=O)c2ccc(F)cc2)C2CC2)o1. The van der Waals surface area contributed by atoms with E-state index in [1.165, 1.54) is 24.3 Å². The molecule has 3 aromatic rings. The molecule has 0 saturated heterocycles. The molecule has 5 nitrogen and oxygen atoms in total. The fourth-order valence-corrected chi connectivity index (χ4v) is 3.55. The Bertz CT molecular complexity index is 1040. The molecule has 0 bridgehead atoms. The molecule has 1 heterocycles. The Labute approximate surface area is 181 Å². The predicted octanol–water partition coefficient (Wildman–Crippen LogP) is 4.56. The number of hydrogen-bond donors (Lipinski definition) is 0. The zero-order valence-electron chi connectivity index (χ0n) is 17.5. The van der Waals surface area contributed by atoms with Gasteiger partial charge in [-0.1, -0.05) is 30.3 Å². The minimum absolute atomic E-state index is 0.0204. The molecule has 4 rings (SSSR count). The number of hydrogen-bond acceptors (Lipinski definition) is 3. The summed E-state index contributed by atoms with van der Waals surface area (Å²) in [6.07, 6.45) is 1.74. The maximum absolute atomic E-state index is 13.3. The van der Waals surface area contributed by atoms with Crippen LogP contribution in [0.2, 0.25) is 0 Å². The third-order valence-corrected chi connectivity index (χ3v) is 5.36. The summed E-state index contributed by atoms with van der Waals surface area (Å²) in [5, 5.41) is 0. The van der Waals surface area contributed by atoms with E-state index in [1.807, 2.05) is 49.4 Å². The Morgan fingerprint density at radius 2 is 1.68 bits per heavy atom. The third kappa shape index (κ3) is 5.40. The van der Waals surface area contributed by atoms with Gasteiger partial charge in [0.05, 0.1) is 6.54 Å². The molecule has 0 atom stereocenters. The van der Waals surface area contributed by atoms with Gasteiger partial charge in [-0.3, -0.25) is 9.59 Å². The van der Waals surface area contributed by atoms with Crippen LogP contribution in [0.1, 0.15) is 40.3 Å². The van der Waals surface area contributed by atoms with Gasteiger partial charge in [0, 0.05) is 18.2 Å². The van der Waals surface area contributed by atoms with Gasteiger partial charge < -0.3 is 14.2 Å². The number of aryl methyl sites for hydroxylation is 1. The first-order valence-corrected chi connectivity index (χ1v) is 10.4. The Morgan fingerprint density at radius 3 is 2.29 bits per heavy atom. The quantitative estimate of drug-likeness (QED) is 0.537. The summed E-state index contributed by atoms with van der Waals surface area (Å²) in [4.78, 5) is 29.7. The van der Waals surface area contributed by atoms with E-state index in [0.717, 1.165) is 24.2 Å². The van der Waals surface area contributed by atoms with Gasteiger partial charge in [-0.05, 0) is 61.7 Å². The summed E-state index contributed by atoms with van der Waals surface area (Å²) in [5.41, 5.74) is 1.39. The van der Waals surface area contributed by atoms with Crippen molar-refractivity contribution in [3.63, 3.8) is 0 Å². The zero-order valence-corrected chi connectivity index (χ0v) is 17.5. The van der Waals surface area contributed by atoms with Crippen LogP contribution in [0.3, 0.4) is 0 Å². The first-order chi connectivity index (χ1) is 15.0. The van der Waals surface area contributed by atoms with Crippen LogP contribution >= 0.6 is 0 Å². The molecule has 1 fully saturated rings. The van der Waals surface area contributed by atoms with Gasteiger partial charge in [0.1, 0.15) is 23.9 Å². The molecule has 1 aromatic heterocycles. The lowest BCUT2D eigenvalue weighted by atomic mass is 10.2. The van der Waals surface area contributed by atoms with Crippen molar-refractivity contribution < 1.29 is 18.4 Å². The second-order valence-electron chi connectivity index (χ2n) is 7.92. The van der Waals surface area contributed by atoms with Crippen molar-refractivity contribution in [1.29, 1.82) is 0 Å². The molecule has 6 heteroatoms. The highest BCUT2D eigenvalue weighted by molar-refractivity contribution is 5.97. The largest absolute Gasteiger partial charge is 0.464 e. The molecule has 0 aliphatic heterocycles. The molecule has 31 heavy (non-hydrogen) atoms. The fraction of sp³-hybridized carbons (Fsp3) is 0.280. The van der Waals surface area contributed by atoms with E-state index in [1.54, 1.807) is 9.80 Å². The number of carbonyl (C=O) groups excluding carboxylic acids is 2. The smallest absolute Gasteiger partial charge is 0.254 e. The number of carbonyl (C=O) groups is 2. The third-order valence-electron chi connectivity index (χ3n) is 5.36. The van der Waals surface area contributed by atoms with Crippen LogP contribution in [0.15, 0.2) is 71.1 Å². The van der Waals surface area contributed by atoms with Gasteiger partial charge in [0.2, 0.25) is 5.91 Å². The minimum atomic E-state index is -0.395. The maximum atomic E-state index is 13.3. The lowest BCUT2D eigenvalue weighted by Gasteiger charge is -2.27. The van der Waals surface area contributed by atoms with Crippen LogP contribution in [0.5, 0.6) is 0 Å². The molecule has 0 spiro atoms. The van der Waals surface area contributed by atoms with Gasteiger partial charge in [-0.15, -0.1) is 0 Å². The van der Waals surface area contributed by atoms with Crippen molar-refractivity contribution in [2.45, 2.75) is 38.9 Å². The van der Waals surface area contributed by atoms with E-state index in [9.17, 15) is 14.0 Å². The van der Waals surface area contributed by atoms with Crippen LogP contribution < -0.4 is 0 Å². The Balaban J connectivity index is 1.52. The van der Waals surface area contributed by atoms with Crippen molar-refractivity contribution in [3.8, 4) is 0 Å². The van der Waals surface area contributed by atoms with Crippen LogP contribution in [0, 0.1) is 12.7 Å². The second-order valence-corrected chi connectivity index (χ2v) is 7.92. The predicted molar refractivity (Wildman–Crippen MR) is 115 cm³/mol. The van der Waals surface area contributed by atoms with Crippen molar-refractivity contribution in [2.75, 3.05) is 6.54 Å². The molecule has 1 aliphatic carbocycles. The average molecular weight is 420 g/mol. The van der Waals surface area contributed by atoms with E-state index in [0.29, 0.717) is 24.4 Å². The highest BCUT2D eigenvalue weighted by Crippen LogP contribution is 2.28. The molecule has 0 radical (unpaired) electrons. The van der Waals surface area contributed by atoms with Crippen LogP contribution in [0.25, 0.3) is 0 Å². The van der Waals surface area contributed by atoms with E-state index < -0.39 is 5.82 Å². The summed E-state index contributed by atoms with van der Waals surface area (Å²) in [6.45, 7) is 2.59. The summed E-state index contributed by atoms with van der Waals surface area (Å²) in [6, 6.07) is 19.0. The summed E-state index contributed by atoms with van der Waals surface area (Å²) in [7, 11) is 0. The molecule has 0 N–H and O–H groups in total. The number of benzene rings is 2. The molecule has 0 unspecified atom stereocenters. The van der Waals surface area contributed by atoms with E-state index in [4.69, 9.17) is 4.42 Å². The van der Waals surface area contributed by atoms with Crippen LogP contribution in [-0.2, 0) is 17.9 Å². The van der Waals surface area contributed by atoms with Gasteiger partial charge in [-0.2, -0.15) is 0 Å². The van der Waals surface area contributed by atoms with E-state index in [-0.39, 0.29) is 24.4 Å². The number of nitrogens with zero attached hydrogens (tertiary/aromatic N) is 2. The molecule has 2 aromatic carbocycles. The van der Waals surface area contributed by atoms with E-state index in [2.05, 4.69) is 0 Å². The summed E-state index contributed by atoms with van der Waals surface area (Å²) < 4.78 is 18.9. The lowest BCUT2D eigenvalue weighted by Crippen LogP contribution is -2.43. The topological polar surface area (TPSA) is 53.8 Å². The van der Waals surface area contributed by atoms with Gasteiger partial charge >= 0.3 is 0 Å². The molecular weight excluding hydrogens is 395 g/mol. The Kier molecular flexibility index (Phi) is 6.16. The lowest BCUT2D eigenvalue weighted by molar-refractivity contribution is -0.133. The monoisotopic (exact) mass is 420 g/mol. The van der Waals surface area contributed by atoms with E-state index >= 15 is 0 Å².